The Hall–Kier alpha value is -4.04. The van der Waals surface area contributed by atoms with E-state index in [2.05, 4.69) is 34.9 Å². The van der Waals surface area contributed by atoms with Crippen molar-refractivity contribution in [3.63, 3.8) is 0 Å². The molecule has 0 bridgehead atoms. The molecule has 5 rings (SSSR count). The zero-order valence-electron chi connectivity index (χ0n) is 24.8. The second kappa shape index (κ2) is 12.9. The van der Waals surface area contributed by atoms with Crippen LogP contribution >= 0.6 is 0 Å². The van der Waals surface area contributed by atoms with Crippen molar-refractivity contribution in [1.29, 1.82) is 0 Å². The molecule has 0 aromatic heterocycles. The van der Waals surface area contributed by atoms with Crippen LogP contribution in [-0.2, 0) is 15.6 Å². The van der Waals surface area contributed by atoms with Crippen LogP contribution in [0, 0.1) is 0 Å². The Kier molecular flexibility index (Phi) is 9.02. The summed E-state index contributed by atoms with van der Waals surface area (Å²) in [4.78, 5) is 29.5. The van der Waals surface area contributed by atoms with Crippen LogP contribution in [-0.4, -0.2) is 70.8 Å². The minimum atomic E-state index is -0.531. The standard InChI is InChI=1S/C34H41N3O5/c1-40-28-22-25(23-29(41-2)30(28)42-3)31(38)37-21-17-33(24-37,26-10-6-4-7-11-26)14-20-36-32(39)34(15-18-35-19-16-34)27-12-8-5-9-13-27/h4-13,22-23,35H,14-21,24H2,1-3H3,(H,36,39). The molecule has 222 valence electrons. The molecule has 2 aliphatic rings. The molecule has 0 radical (unpaired) electrons. The third-order valence-electron chi connectivity index (χ3n) is 9.05. The number of nitrogens with zero attached hydrogens (tertiary/aromatic N) is 1. The van der Waals surface area contributed by atoms with E-state index in [1.165, 1.54) is 5.56 Å². The van der Waals surface area contributed by atoms with Crippen molar-refractivity contribution in [2.75, 3.05) is 54.1 Å². The van der Waals surface area contributed by atoms with E-state index in [-0.39, 0.29) is 17.2 Å². The van der Waals surface area contributed by atoms with Crippen LogP contribution in [0.5, 0.6) is 17.2 Å². The van der Waals surface area contributed by atoms with Crippen LogP contribution in [0.25, 0.3) is 0 Å². The number of methoxy groups -OCH3 is 3. The van der Waals surface area contributed by atoms with Crippen molar-refractivity contribution in [2.24, 2.45) is 0 Å². The maximum atomic E-state index is 13.8. The lowest BCUT2D eigenvalue weighted by molar-refractivity contribution is -0.127. The smallest absolute Gasteiger partial charge is 0.254 e. The van der Waals surface area contributed by atoms with Crippen LogP contribution in [0.1, 0.15) is 47.2 Å². The number of nitrogens with one attached hydrogen (secondary N) is 2. The third kappa shape index (κ3) is 5.68. The van der Waals surface area contributed by atoms with Crippen molar-refractivity contribution < 1.29 is 23.8 Å². The Morgan fingerprint density at radius 2 is 1.43 bits per heavy atom. The quantitative estimate of drug-likeness (QED) is 0.377. The number of likely N-dealkylation sites (tertiary alicyclic amines) is 1. The van der Waals surface area contributed by atoms with E-state index in [1.807, 2.05) is 41.3 Å². The van der Waals surface area contributed by atoms with Gasteiger partial charge >= 0.3 is 0 Å². The number of amides is 2. The van der Waals surface area contributed by atoms with E-state index in [4.69, 9.17) is 14.2 Å². The van der Waals surface area contributed by atoms with E-state index in [9.17, 15) is 9.59 Å². The Bertz CT molecular complexity index is 1350. The summed E-state index contributed by atoms with van der Waals surface area (Å²) < 4.78 is 16.4. The van der Waals surface area contributed by atoms with Gasteiger partial charge < -0.3 is 29.7 Å². The molecule has 2 aliphatic heterocycles. The lowest BCUT2D eigenvalue weighted by Gasteiger charge is -2.37. The summed E-state index contributed by atoms with van der Waals surface area (Å²) >= 11 is 0. The van der Waals surface area contributed by atoms with Crippen LogP contribution in [0.4, 0.5) is 0 Å². The summed E-state index contributed by atoms with van der Waals surface area (Å²) in [6.07, 6.45) is 3.06. The predicted octanol–water partition coefficient (Wildman–Crippen LogP) is 4.32. The monoisotopic (exact) mass is 571 g/mol. The number of hydrogen-bond donors (Lipinski definition) is 2. The van der Waals surface area contributed by atoms with Gasteiger partial charge in [-0.05, 0) is 62.0 Å². The van der Waals surface area contributed by atoms with Gasteiger partial charge in [0.05, 0.1) is 26.7 Å². The van der Waals surface area contributed by atoms with Gasteiger partial charge in [-0.15, -0.1) is 0 Å². The highest BCUT2D eigenvalue weighted by Gasteiger charge is 2.43. The first-order valence-corrected chi connectivity index (χ1v) is 14.7. The average Bonchev–Trinajstić information content (AvgIpc) is 3.50. The summed E-state index contributed by atoms with van der Waals surface area (Å²) in [5.41, 5.74) is 1.93. The Balaban J connectivity index is 1.35. The van der Waals surface area contributed by atoms with Crippen LogP contribution in [0.3, 0.4) is 0 Å². The molecule has 42 heavy (non-hydrogen) atoms. The first kappa shape index (κ1) is 29.5. The fourth-order valence-corrected chi connectivity index (χ4v) is 6.65. The minimum absolute atomic E-state index is 0.0850. The second-order valence-corrected chi connectivity index (χ2v) is 11.2. The molecular formula is C34H41N3O5. The van der Waals surface area contributed by atoms with Crippen LogP contribution in [0.15, 0.2) is 72.8 Å². The third-order valence-corrected chi connectivity index (χ3v) is 9.05. The highest BCUT2D eigenvalue weighted by atomic mass is 16.5. The SMILES string of the molecule is COc1cc(C(=O)N2CCC(CCNC(=O)C3(c4ccccc4)CCNCC3)(c3ccccc3)C2)cc(OC)c1OC. The van der Waals surface area contributed by atoms with Gasteiger partial charge in [0.2, 0.25) is 11.7 Å². The topological polar surface area (TPSA) is 89.1 Å². The van der Waals surface area contributed by atoms with E-state index in [0.29, 0.717) is 42.4 Å². The highest BCUT2D eigenvalue weighted by molar-refractivity contribution is 5.96. The molecule has 0 spiro atoms. The van der Waals surface area contributed by atoms with Gasteiger partial charge in [0.15, 0.2) is 11.5 Å². The summed E-state index contributed by atoms with van der Waals surface area (Å²) in [7, 11) is 4.63. The Morgan fingerprint density at radius 1 is 0.833 bits per heavy atom. The zero-order valence-corrected chi connectivity index (χ0v) is 24.8. The highest BCUT2D eigenvalue weighted by Crippen LogP contribution is 2.41. The second-order valence-electron chi connectivity index (χ2n) is 11.2. The first-order chi connectivity index (χ1) is 20.5. The van der Waals surface area contributed by atoms with Gasteiger partial charge in [0, 0.05) is 30.6 Å². The van der Waals surface area contributed by atoms with Crippen molar-refractivity contribution in [3.8, 4) is 17.2 Å². The molecule has 2 amide bonds. The molecule has 2 heterocycles. The lowest BCUT2D eigenvalue weighted by Crippen LogP contribution is -2.51. The molecule has 1 unspecified atom stereocenters. The maximum absolute atomic E-state index is 13.8. The molecule has 1 atom stereocenters. The first-order valence-electron chi connectivity index (χ1n) is 14.7. The normalized spacial score (nSPS) is 19.6. The number of rotatable bonds is 10. The summed E-state index contributed by atoms with van der Waals surface area (Å²) in [5.74, 6) is 1.34. The molecule has 2 fully saturated rings. The number of benzene rings is 3. The lowest BCUT2D eigenvalue weighted by atomic mass is 9.72. The molecule has 2 N–H and O–H groups in total. The van der Waals surface area contributed by atoms with E-state index in [1.54, 1.807) is 33.5 Å². The molecule has 3 aromatic carbocycles. The average molecular weight is 572 g/mol. The van der Waals surface area contributed by atoms with Crippen LogP contribution in [0.2, 0.25) is 0 Å². The predicted molar refractivity (Wildman–Crippen MR) is 163 cm³/mol. The van der Waals surface area contributed by atoms with Gasteiger partial charge in [-0.25, -0.2) is 0 Å². The van der Waals surface area contributed by atoms with Crippen molar-refractivity contribution >= 4 is 11.8 Å². The Labute approximate surface area is 248 Å². The molecule has 0 aliphatic carbocycles. The fourth-order valence-electron chi connectivity index (χ4n) is 6.65. The van der Waals surface area contributed by atoms with Gasteiger partial charge in [0.1, 0.15) is 0 Å². The van der Waals surface area contributed by atoms with Crippen molar-refractivity contribution in [3.05, 3.63) is 89.5 Å². The number of carbonyl (C=O) groups excluding carboxylic acids is 2. The van der Waals surface area contributed by atoms with Gasteiger partial charge in [-0.3, -0.25) is 9.59 Å². The summed E-state index contributed by atoms with van der Waals surface area (Å²) in [5, 5.41) is 6.72. The molecule has 3 aromatic rings. The summed E-state index contributed by atoms with van der Waals surface area (Å²) in [6, 6.07) is 23.9. The number of ether oxygens (including phenoxy) is 3. The maximum Gasteiger partial charge on any atom is 0.254 e. The minimum Gasteiger partial charge on any atom is -0.493 e. The van der Waals surface area contributed by atoms with Gasteiger partial charge in [-0.2, -0.15) is 0 Å². The van der Waals surface area contributed by atoms with Crippen molar-refractivity contribution in [2.45, 2.75) is 36.5 Å². The number of piperidine rings is 1. The largest absolute Gasteiger partial charge is 0.493 e. The van der Waals surface area contributed by atoms with E-state index in [0.717, 1.165) is 44.3 Å². The fraction of sp³-hybridized carbons (Fsp3) is 0.412. The molecule has 8 nitrogen and oxygen atoms in total. The van der Waals surface area contributed by atoms with E-state index >= 15 is 0 Å². The summed E-state index contributed by atoms with van der Waals surface area (Å²) in [6.45, 7) is 3.32. The van der Waals surface area contributed by atoms with Crippen LogP contribution < -0.4 is 24.8 Å². The van der Waals surface area contributed by atoms with E-state index < -0.39 is 5.41 Å². The molecule has 0 saturated carbocycles. The number of carbonyl (C=O) groups is 2. The zero-order chi connectivity index (χ0) is 29.6. The number of hydrogen-bond acceptors (Lipinski definition) is 6. The van der Waals surface area contributed by atoms with Gasteiger partial charge in [-0.1, -0.05) is 60.7 Å². The molecular weight excluding hydrogens is 530 g/mol. The van der Waals surface area contributed by atoms with Gasteiger partial charge in [0.25, 0.3) is 5.91 Å². The molecule has 2 saturated heterocycles. The van der Waals surface area contributed by atoms with Crippen molar-refractivity contribution in [1.82, 2.24) is 15.5 Å². The molecule has 8 heteroatoms. The Morgan fingerprint density at radius 3 is 2.00 bits per heavy atom.